The van der Waals surface area contributed by atoms with Crippen LogP contribution in [0.15, 0.2) is 24.4 Å². The Morgan fingerprint density at radius 2 is 2.09 bits per heavy atom. The third-order valence-electron chi connectivity index (χ3n) is 6.96. The van der Waals surface area contributed by atoms with Crippen molar-refractivity contribution in [3.8, 4) is 5.75 Å². The van der Waals surface area contributed by atoms with Crippen molar-refractivity contribution in [2.45, 2.75) is 69.4 Å². The number of hydrogen-bond donors (Lipinski definition) is 2. The summed E-state index contributed by atoms with van der Waals surface area (Å²) in [4.78, 5) is 23.1. The number of piperidine rings is 1. The smallest absolute Gasteiger partial charge is 0.243 e. The van der Waals surface area contributed by atoms with Crippen molar-refractivity contribution in [2.75, 3.05) is 13.2 Å². The second-order valence-corrected chi connectivity index (χ2v) is 9.62. The quantitative estimate of drug-likeness (QED) is 0.399. The molecule has 2 amide bonds. The fourth-order valence-electron chi connectivity index (χ4n) is 4.45. The van der Waals surface area contributed by atoms with E-state index in [1.165, 1.54) is 18.9 Å². The molecule has 8 nitrogen and oxygen atoms in total. The number of halogens is 1. The minimum atomic E-state index is -0.310. The van der Waals surface area contributed by atoms with Crippen molar-refractivity contribution >= 4 is 11.8 Å². The Hall–Kier alpha value is -2.81. The summed E-state index contributed by atoms with van der Waals surface area (Å²) in [5.74, 6) is 0.174. The molecule has 176 valence electrons. The highest BCUT2D eigenvalue weighted by Gasteiger charge is 2.45. The van der Waals surface area contributed by atoms with E-state index in [0.29, 0.717) is 44.2 Å². The predicted octanol–water partition coefficient (Wildman–Crippen LogP) is 2.27. The summed E-state index contributed by atoms with van der Waals surface area (Å²) in [7, 11) is 0. The van der Waals surface area contributed by atoms with Gasteiger partial charge in [0.1, 0.15) is 0 Å². The Morgan fingerprint density at radius 1 is 1.24 bits per heavy atom. The number of aryl methyl sites for hydroxylation is 1. The molecular formula is C24H30FN5O3. The van der Waals surface area contributed by atoms with Gasteiger partial charge in [0.25, 0.3) is 0 Å². The Kier molecular flexibility index (Phi) is 6.14. The number of benzene rings is 1. The third kappa shape index (κ3) is 5.24. The summed E-state index contributed by atoms with van der Waals surface area (Å²) in [5.41, 5.74) is 2.08. The molecule has 5 rings (SSSR count). The minimum Gasteiger partial charge on any atom is -0.490 e. The van der Waals surface area contributed by atoms with E-state index >= 15 is 0 Å². The maximum absolute atomic E-state index is 14.2. The van der Waals surface area contributed by atoms with E-state index in [1.807, 2.05) is 16.8 Å². The van der Waals surface area contributed by atoms with Gasteiger partial charge in [-0.25, -0.2) is 9.07 Å². The maximum atomic E-state index is 14.2. The van der Waals surface area contributed by atoms with Crippen molar-refractivity contribution in [1.82, 2.24) is 25.6 Å². The van der Waals surface area contributed by atoms with E-state index in [4.69, 9.17) is 4.74 Å². The lowest BCUT2D eigenvalue weighted by Crippen LogP contribution is -2.50. The number of nitrogens with one attached hydrogen (secondary N) is 2. The van der Waals surface area contributed by atoms with Crippen LogP contribution in [0, 0.1) is 11.7 Å². The number of nitrogens with zero attached hydrogens (tertiary/aromatic N) is 3. The SMILES string of the molecule is O=C1CCC(NCCCc2cnnn2CC2(c3ccc(F)c(OCC4CC4)c3)CC2)C(=O)N1. The first-order chi connectivity index (χ1) is 16.0. The Morgan fingerprint density at radius 3 is 2.85 bits per heavy atom. The Balaban J connectivity index is 1.16. The van der Waals surface area contributed by atoms with Gasteiger partial charge in [-0.3, -0.25) is 14.9 Å². The molecule has 1 atom stereocenters. The highest BCUT2D eigenvalue weighted by Crippen LogP contribution is 2.50. The molecule has 2 heterocycles. The number of carbonyl (C=O) groups is 2. The Bertz CT molecular complexity index is 1030. The zero-order chi connectivity index (χ0) is 22.8. The van der Waals surface area contributed by atoms with Gasteiger partial charge in [0.2, 0.25) is 11.8 Å². The van der Waals surface area contributed by atoms with Gasteiger partial charge in [-0.2, -0.15) is 0 Å². The number of amides is 2. The topological polar surface area (TPSA) is 98.1 Å². The number of hydrogen-bond acceptors (Lipinski definition) is 6. The molecular weight excluding hydrogens is 425 g/mol. The number of aromatic nitrogens is 3. The summed E-state index contributed by atoms with van der Waals surface area (Å²) in [6.45, 7) is 1.96. The first-order valence-electron chi connectivity index (χ1n) is 11.9. The third-order valence-corrected chi connectivity index (χ3v) is 6.96. The molecule has 1 aromatic heterocycles. The molecule has 9 heteroatoms. The molecule has 2 aliphatic carbocycles. The lowest BCUT2D eigenvalue weighted by atomic mass is 9.95. The second kappa shape index (κ2) is 9.21. The van der Waals surface area contributed by atoms with Crippen molar-refractivity contribution in [1.29, 1.82) is 0 Å². The van der Waals surface area contributed by atoms with Crippen LogP contribution >= 0.6 is 0 Å². The molecule has 3 fully saturated rings. The summed E-state index contributed by atoms with van der Waals surface area (Å²) >= 11 is 0. The van der Waals surface area contributed by atoms with Crippen LogP contribution in [0.2, 0.25) is 0 Å². The highest BCUT2D eigenvalue weighted by molar-refractivity contribution is 6.00. The van der Waals surface area contributed by atoms with Gasteiger partial charge in [-0.15, -0.1) is 5.10 Å². The average Bonchev–Trinajstić information content (AvgIpc) is 3.72. The lowest BCUT2D eigenvalue weighted by molar-refractivity contribution is -0.134. The molecule has 0 spiro atoms. The summed E-state index contributed by atoms with van der Waals surface area (Å²) in [5, 5.41) is 14.0. The maximum Gasteiger partial charge on any atom is 0.243 e. The van der Waals surface area contributed by atoms with Crippen LogP contribution in [-0.2, 0) is 28.0 Å². The van der Waals surface area contributed by atoms with E-state index in [2.05, 4.69) is 20.9 Å². The zero-order valence-electron chi connectivity index (χ0n) is 18.7. The minimum absolute atomic E-state index is 0.0567. The number of ether oxygens (including phenoxy) is 1. The van der Waals surface area contributed by atoms with Crippen LogP contribution in [0.1, 0.15) is 56.2 Å². The van der Waals surface area contributed by atoms with Gasteiger partial charge in [0.05, 0.1) is 31.1 Å². The van der Waals surface area contributed by atoms with Gasteiger partial charge < -0.3 is 10.1 Å². The second-order valence-electron chi connectivity index (χ2n) is 9.62. The fourth-order valence-corrected chi connectivity index (χ4v) is 4.45. The molecule has 3 aliphatic rings. The molecule has 1 saturated heterocycles. The summed E-state index contributed by atoms with van der Waals surface area (Å²) in [6.07, 6.45) is 8.70. The van der Waals surface area contributed by atoms with E-state index in [-0.39, 0.29) is 29.1 Å². The molecule has 2 aromatic rings. The van der Waals surface area contributed by atoms with Crippen LogP contribution in [0.25, 0.3) is 0 Å². The molecule has 0 bridgehead atoms. The predicted molar refractivity (Wildman–Crippen MR) is 118 cm³/mol. The molecule has 2 saturated carbocycles. The van der Waals surface area contributed by atoms with Crippen LogP contribution in [-0.4, -0.2) is 46.0 Å². The molecule has 1 aromatic carbocycles. The monoisotopic (exact) mass is 455 g/mol. The van der Waals surface area contributed by atoms with E-state index in [0.717, 1.165) is 36.9 Å². The highest BCUT2D eigenvalue weighted by atomic mass is 19.1. The Labute approximate surface area is 192 Å². The standard InChI is InChI=1S/C24H30FN5O3/c25-19-6-5-17(12-21(19)33-14-16-3-4-16)24(9-10-24)15-30-18(13-27-29-30)2-1-11-26-20-7-8-22(31)28-23(20)32/h5-6,12-13,16,20,26H,1-4,7-11,14-15H2,(H,28,31,32). The van der Waals surface area contributed by atoms with Gasteiger partial charge in [-0.05, 0) is 75.1 Å². The summed E-state index contributed by atoms with van der Waals surface area (Å²) < 4.78 is 21.9. The molecule has 1 unspecified atom stereocenters. The first kappa shape index (κ1) is 22.0. The van der Waals surface area contributed by atoms with Gasteiger partial charge in [0, 0.05) is 11.8 Å². The van der Waals surface area contributed by atoms with E-state index < -0.39 is 0 Å². The molecule has 1 aliphatic heterocycles. The molecule has 2 N–H and O–H groups in total. The first-order valence-corrected chi connectivity index (χ1v) is 11.9. The lowest BCUT2D eigenvalue weighted by Gasteiger charge is -2.22. The average molecular weight is 456 g/mol. The van der Waals surface area contributed by atoms with E-state index in [1.54, 1.807) is 6.20 Å². The van der Waals surface area contributed by atoms with Crippen LogP contribution in [0.5, 0.6) is 5.75 Å². The summed E-state index contributed by atoms with van der Waals surface area (Å²) in [6, 6.07) is 4.94. The van der Waals surface area contributed by atoms with Gasteiger partial charge in [0.15, 0.2) is 11.6 Å². The number of rotatable bonds is 11. The van der Waals surface area contributed by atoms with Crippen molar-refractivity contribution < 1.29 is 18.7 Å². The van der Waals surface area contributed by atoms with Crippen LogP contribution < -0.4 is 15.4 Å². The zero-order valence-corrected chi connectivity index (χ0v) is 18.7. The largest absolute Gasteiger partial charge is 0.490 e. The van der Waals surface area contributed by atoms with Crippen molar-refractivity contribution in [3.63, 3.8) is 0 Å². The number of carbonyl (C=O) groups excluding carboxylic acids is 2. The number of imide groups is 1. The van der Waals surface area contributed by atoms with Gasteiger partial charge >= 0.3 is 0 Å². The van der Waals surface area contributed by atoms with Crippen molar-refractivity contribution in [3.05, 3.63) is 41.5 Å². The van der Waals surface area contributed by atoms with Gasteiger partial charge in [-0.1, -0.05) is 11.3 Å². The van der Waals surface area contributed by atoms with E-state index in [9.17, 15) is 14.0 Å². The van der Waals surface area contributed by atoms with Crippen LogP contribution in [0.3, 0.4) is 0 Å². The van der Waals surface area contributed by atoms with Crippen molar-refractivity contribution in [2.24, 2.45) is 5.92 Å². The molecule has 33 heavy (non-hydrogen) atoms. The normalized spacial score (nSPS) is 21.7. The molecule has 0 radical (unpaired) electrons. The fraction of sp³-hybridized carbons (Fsp3) is 0.583. The van der Waals surface area contributed by atoms with Crippen LogP contribution in [0.4, 0.5) is 4.39 Å².